The van der Waals surface area contributed by atoms with E-state index in [1.54, 1.807) is 6.20 Å². The zero-order valence-electron chi connectivity index (χ0n) is 12.1. The van der Waals surface area contributed by atoms with Crippen LogP contribution in [0.2, 0.25) is 0 Å². The molecule has 1 fully saturated rings. The highest BCUT2D eigenvalue weighted by atomic mass is 16.2. The molecular weight excluding hydrogens is 272 g/mol. The molecule has 0 aliphatic heterocycles. The molecule has 0 unspecified atom stereocenters. The zero-order chi connectivity index (χ0) is 14.9. The molecule has 1 aliphatic carbocycles. The predicted molar refractivity (Wildman–Crippen MR) is 87.7 cm³/mol. The summed E-state index contributed by atoms with van der Waals surface area (Å²) in [5.41, 5.74) is 2.95. The molecule has 0 spiro atoms. The van der Waals surface area contributed by atoms with E-state index in [1.807, 2.05) is 48.5 Å². The van der Waals surface area contributed by atoms with Crippen LogP contribution in [0.15, 0.2) is 66.9 Å². The second-order valence-electron chi connectivity index (χ2n) is 5.77. The van der Waals surface area contributed by atoms with Crippen LogP contribution in [0.1, 0.15) is 17.9 Å². The smallest absolute Gasteiger partial charge is 0.228 e. The molecule has 1 heterocycles. The van der Waals surface area contributed by atoms with E-state index < -0.39 is 0 Å². The minimum Gasteiger partial charge on any atom is -0.324 e. The number of para-hydroxylation sites is 1. The molecule has 0 bridgehead atoms. The van der Waals surface area contributed by atoms with Crippen LogP contribution < -0.4 is 5.32 Å². The summed E-state index contributed by atoms with van der Waals surface area (Å²) in [5.74, 6) is 0.523. The summed E-state index contributed by atoms with van der Waals surface area (Å²) < 4.78 is 0. The summed E-state index contributed by atoms with van der Waals surface area (Å²) in [4.78, 5) is 16.7. The molecule has 1 N–H and O–H groups in total. The van der Waals surface area contributed by atoms with Crippen LogP contribution >= 0.6 is 0 Å². The van der Waals surface area contributed by atoms with E-state index in [0.717, 1.165) is 23.0 Å². The van der Waals surface area contributed by atoms with Crippen LogP contribution in [-0.2, 0) is 4.79 Å². The molecule has 3 aromatic rings. The number of nitrogens with one attached hydrogen (secondary N) is 1. The van der Waals surface area contributed by atoms with Gasteiger partial charge in [0.2, 0.25) is 5.91 Å². The largest absolute Gasteiger partial charge is 0.324 e. The van der Waals surface area contributed by atoms with Gasteiger partial charge in [-0.3, -0.25) is 9.78 Å². The van der Waals surface area contributed by atoms with Crippen LogP contribution in [0.3, 0.4) is 0 Å². The summed E-state index contributed by atoms with van der Waals surface area (Å²) in [6.07, 6.45) is 2.65. The van der Waals surface area contributed by atoms with Crippen molar-refractivity contribution in [3.8, 4) is 0 Å². The lowest BCUT2D eigenvalue weighted by Gasteiger charge is -2.06. The number of hydrogen-bond donors (Lipinski definition) is 1. The molecule has 0 saturated heterocycles. The lowest BCUT2D eigenvalue weighted by atomic mass is 10.1. The van der Waals surface area contributed by atoms with Crippen molar-refractivity contribution in [2.75, 3.05) is 5.32 Å². The first-order valence-corrected chi connectivity index (χ1v) is 7.52. The normalized spacial score (nSPS) is 19.8. The number of anilines is 1. The predicted octanol–water partition coefficient (Wildman–Crippen LogP) is 3.98. The van der Waals surface area contributed by atoms with Gasteiger partial charge in [0.25, 0.3) is 0 Å². The first-order valence-electron chi connectivity index (χ1n) is 7.52. The maximum atomic E-state index is 12.4. The second kappa shape index (κ2) is 5.26. The van der Waals surface area contributed by atoms with Crippen LogP contribution in [0.25, 0.3) is 10.9 Å². The highest BCUT2D eigenvalue weighted by Crippen LogP contribution is 2.47. The van der Waals surface area contributed by atoms with Gasteiger partial charge in [-0.25, -0.2) is 0 Å². The number of fused-ring (bicyclic) bond motifs is 1. The third kappa shape index (κ3) is 2.46. The number of hydrogen-bond acceptors (Lipinski definition) is 2. The standard InChI is InChI=1S/C19H16N2O/c22-19(17-11-16(17)13-6-2-1-3-7-13)21-15-10-14-8-4-5-9-18(14)20-12-15/h1-10,12,16-17H,11H2,(H,21,22)/t16-,17+/m0/s1. The monoisotopic (exact) mass is 288 g/mol. The third-order valence-electron chi connectivity index (χ3n) is 4.21. The van der Waals surface area contributed by atoms with E-state index in [1.165, 1.54) is 5.56 Å². The zero-order valence-corrected chi connectivity index (χ0v) is 12.1. The number of carbonyl (C=O) groups is 1. The van der Waals surface area contributed by atoms with E-state index in [9.17, 15) is 4.79 Å². The van der Waals surface area contributed by atoms with Gasteiger partial charge < -0.3 is 5.32 Å². The van der Waals surface area contributed by atoms with Gasteiger partial charge in [-0.2, -0.15) is 0 Å². The third-order valence-corrected chi connectivity index (χ3v) is 4.21. The Balaban J connectivity index is 1.48. The number of pyridine rings is 1. The number of nitrogens with zero attached hydrogens (tertiary/aromatic N) is 1. The number of amides is 1. The van der Waals surface area contributed by atoms with Gasteiger partial charge in [0, 0.05) is 11.3 Å². The Labute approximate surface area is 129 Å². The summed E-state index contributed by atoms with van der Waals surface area (Å²) in [7, 11) is 0. The van der Waals surface area contributed by atoms with Gasteiger partial charge in [-0.05, 0) is 30.0 Å². The van der Waals surface area contributed by atoms with Crippen molar-refractivity contribution >= 4 is 22.5 Å². The molecule has 2 aromatic carbocycles. The van der Waals surface area contributed by atoms with E-state index in [2.05, 4.69) is 22.4 Å². The summed E-state index contributed by atoms with van der Waals surface area (Å²) in [6, 6.07) is 20.1. The molecule has 108 valence electrons. The van der Waals surface area contributed by atoms with Crippen molar-refractivity contribution in [1.29, 1.82) is 0 Å². The Kier molecular flexibility index (Phi) is 3.11. The highest BCUT2D eigenvalue weighted by molar-refractivity contribution is 5.96. The average Bonchev–Trinajstić information content (AvgIpc) is 3.36. The number of aromatic nitrogens is 1. The molecule has 1 amide bonds. The molecule has 1 aromatic heterocycles. The van der Waals surface area contributed by atoms with Crippen molar-refractivity contribution in [1.82, 2.24) is 4.98 Å². The average molecular weight is 288 g/mol. The number of rotatable bonds is 3. The van der Waals surface area contributed by atoms with Crippen LogP contribution in [0.4, 0.5) is 5.69 Å². The summed E-state index contributed by atoms with van der Waals surface area (Å²) >= 11 is 0. The summed E-state index contributed by atoms with van der Waals surface area (Å²) in [5, 5.41) is 4.03. The Bertz CT molecular complexity index is 829. The Morgan fingerprint density at radius 1 is 1.05 bits per heavy atom. The van der Waals surface area contributed by atoms with Gasteiger partial charge in [0.15, 0.2) is 0 Å². The number of benzene rings is 2. The molecule has 4 rings (SSSR count). The van der Waals surface area contributed by atoms with Crippen LogP contribution in [-0.4, -0.2) is 10.9 Å². The van der Waals surface area contributed by atoms with Crippen LogP contribution in [0, 0.1) is 5.92 Å². The van der Waals surface area contributed by atoms with Gasteiger partial charge >= 0.3 is 0 Å². The fourth-order valence-electron chi connectivity index (χ4n) is 2.93. The SMILES string of the molecule is O=C(Nc1cnc2ccccc2c1)[C@@H]1C[C@H]1c1ccccc1. The lowest BCUT2D eigenvalue weighted by molar-refractivity contribution is -0.117. The fourth-order valence-corrected chi connectivity index (χ4v) is 2.93. The molecule has 2 atom stereocenters. The van der Waals surface area contributed by atoms with E-state index in [4.69, 9.17) is 0 Å². The molecule has 22 heavy (non-hydrogen) atoms. The van der Waals surface area contributed by atoms with Crippen molar-refractivity contribution in [3.63, 3.8) is 0 Å². The molecule has 1 saturated carbocycles. The maximum absolute atomic E-state index is 12.4. The number of carbonyl (C=O) groups excluding carboxylic acids is 1. The highest BCUT2D eigenvalue weighted by Gasteiger charge is 2.43. The minimum atomic E-state index is 0.0777. The quantitative estimate of drug-likeness (QED) is 0.792. The van der Waals surface area contributed by atoms with Crippen molar-refractivity contribution in [2.45, 2.75) is 12.3 Å². The first-order chi connectivity index (χ1) is 10.8. The second-order valence-corrected chi connectivity index (χ2v) is 5.77. The molecule has 3 nitrogen and oxygen atoms in total. The van der Waals surface area contributed by atoms with Crippen molar-refractivity contribution in [3.05, 3.63) is 72.4 Å². The van der Waals surface area contributed by atoms with Gasteiger partial charge in [-0.1, -0.05) is 48.5 Å². The Morgan fingerprint density at radius 2 is 1.82 bits per heavy atom. The minimum absolute atomic E-state index is 0.0777. The fraction of sp³-hybridized carbons (Fsp3) is 0.158. The first kappa shape index (κ1) is 13.0. The molecule has 3 heteroatoms. The van der Waals surface area contributed by atoms with Crippen LogP contribution in [0.5, 0.6) is 0 Å². The molecular formula is C19H16N2O. The maximum Gasteiger partial charge on any atom is 0.228 e. The molecule has 0 radical (unpaired) electrons. The summed E-state index contributed by atoms with van der Waals surface area (Å²) in [6.45, 7) is 0. The van der Waals surface area contributed by atoms with Crippen molar-refractivity contribution < 1.29 is 4.79 Å². The van der Waals surface area contributed by atoms with E-state index in [0.29, 0.717) is 5.92 Å². The van der Waals surface area contributed by atoms with E-state index >= 15 is 0 Å². The van der Waals surface area contributed by atoms with Gasteiger partial charge in [0.1, 0.15) is 0 Å². The topological polar surface area (TPSA) is 42.0 Å². The Hall–Kier alpha value is -2.68. The van der Waals surface area contributed by atoms with E-state index in [-0.39, 0.29) is 11.8 Å². The Morgan fingerprint density at radius 3 is 2.68 bits per heavy atom. The molecule has 1 aliphatic rings. The van der Waals surface area contributed by atoms with Crippen molar-refractivity contribution in [2.24, 2.45) is 5.92 Å². The lowest BCUT2D eigenvalue weighted by Crippen LogP contribution is -2.14. The van der Waals surface area contributed by atoms with Gasteiger partial charge in [-0.15, -0.1) is 0 Å². The van der Waals surface area contributed by atoms with Gasteiger partial charge in [0.05, 0.1) is 17.4 Å².